The number of carbonyl (C=O) groups excluding carboxylic acids is 1. The lowest BCUT2D eigenvalue weighted by molar-refractivity contribution is -0.126. The smallest absolute Gasteiger partial charge is 0.246 e. The Kier molecular flexibility index (Phi) is 7.21. The first-order valence-electron chi connectivity index (χ1n) is 6.76. The van der Waals surface area contributed by atoms with Crippen molar-refractivity contribution >= 4 is 5.91 Å². The Bertz CT molecular complexity index is 221. The minimum atomic E-state index is -0.235. The summed E-state index contributed by atoms with van der Waals surface area (Å²) in [6, 6.07) is 0. The highest BCUT2D eigenvalue weighted by Gasteiger charge is 2.25. The molecule has 0 aliphatic heterocycles. The van der Waals surface area contributed by atoms with Crippen LogP contribution in [0.15, 0.2) is 0 Å². The van der Waals surface area contributed by atoms with E-state index in [-0.39, 0.29) is 24.5 Å². The number of carbonyl (C=O) groups is 1. The summed E-state index contributed by atoms with van der Waals surface area (Å²) in [6.07, 6.45) is 6.04. The van der Waals surface area contributed by atoms with Crippen LogP contribution >= 0.6 is 0 Å². The Labute approximate surface area is 104 Å². The zero-order valence-electron chi connectivity index (χ0n) is 10.8. The zero-order valence-corrected chi connectivity index (χ0v) is 10.8. The van der Waals surface area contributed by atoms with Crippen molar-refractivity contribution in [1.82, 2.24) is 5.32 Å². The van der Waals surface area contributed by atoms with Crippen LogP contribution in [0.25, 0.3) is 0 Å². The van der Waals surface area contributed by atoms with Crippen LogP contribution in [0.2, 0.25) is 0 Å². The molecule has 0 heterocycles. The van der Waals surface area contributed by atoms with Crippen LogP contribution in [0.3, 0.4) is 0 Å². The van der Waals surface area contributed by atoms with E-state index in [1.54, 1.807) is 0 Å². The molecule has 17 heavy (non-hydrogen) atoms. The number of ether oxygens (including phenoxy) is 1. The van der Waals surface area contributed by atoms with Crippen LogP contribution < -0.4 is 5.32 Å². The third kappa shape index (κ3) is 6.03. The topological polar surface area (TPSA) is 58.6 Å². The normalized spacial score (nSPS) is 23.9. The molecule has 0 aromatic heterocycles. The van der Waals surface area contributed by atoms with Gasteiger partial charge in [0.25, 0.3) is 0 Å². The summed E-state index contributed by atoms with van der Waals surface area (Å²) in [6.45, 7) is 3.53. The minimum Gasteiger partial charge on any atom is -0.393 e. The van der Waals surface area contributed by atoms with E-state index < -0.39 is 0 Å². The van der Waals surface area contributed by atoms with Crippen LogP contribution in [0.4, 0.5) is 0 Å². The van der Waals surface area contributed by atoms with Crippen molar-refractivity contribution in [2.75, 3.05) is 19.8 Å². The Morgan fingerprint density at radius 2 is 2.24 bits per heavy atom. The molecule has 4 heteroatoms. The monoisotopic (exact) mass is 243 g/mol. The molecule has 0 spiro atoms. The number of hydrogen-bond acceptors (Lipinski definition) is 3. The van der Waals surface area contributed by atoms with Gasteiger partial charge in [0.05, 0.1) is 6.10 Å². The van der Waals surface area contributed by atoms with Crippen molar-refractivity contribution in [3.05, 3.63) is 0 Å². The van der Waals surface area contributed by atoms with E-state index in [2.05, 4.69) is 12.2 Å². The van der Waals surface area contributed by atoms with Crippen molar-refractivity contribution in [3.63, 3.8) is 0 Å². The van der Waals surface area contributed by atoms with Gasteiger partial charge >= 0.3 is 0 Å². The molecule has 4 nitrogen and oxygen atoms in total. The fraction of sp³-hybridized carbons (Fsp3) is 0.923. The third-order valence-corrected chi connectivity index (χ3v) is 3.31. The maximum Gasteiger partial charge on any atom is 0.246 e. The lowest BCUT2D eigenvalue weighted by atomic mass is 10.1. The van der Waals surface area contributed by atoms with Crippen molar-refractivity contribution in [3.8, 4) is 0 Å². The molecule has 1 fully saturated rings. The lowest BCUT2D eigenvalue weighted by Gasteiger charge is -2.15. The van der Waals surface area contributed by atoms with Crippen LogP contribution in [0, 0.1) is 5.92 Å². The summed E-state index contributed by atoms with van der Waals surface area (Å²) >= 11 is 0. The molecule has 2 unspecified atom stereocenters. The predicted molar refractivity (Wildman–Crippen MR) is 66.7 cm³/mol. The van der Waals surface area contributed by atoms with Crippen LogP contribution in [0.1, 0.15) is 45.4 Å². The third-order valence-electron chi connectivity index (χ3n) is 3.31. The number of aliphatic hydroxyl groups is 1. The average molecular weight is 243 g/mol. The van der Waals surface area contributed by atoms with Gasteiger partial charge in [-0.2, -0.15) is 0 Å². The van der Waals surface area contributed by atoms with Gasteiger partial charge in [0.1, 0.15) is 6.61 Å². The van der Waals surface area contributed by atoms with Crippen molar-refractivity contribution in [2.45, 2.75) is 51.6 Å². The van der Waals surface area contributed by atoms with Crippen LogP contribution in [0.5, 0.6) is 0 Å². The Morgan fingerprint density at radius 3 is 2.88 bits per heavy atom. The fourth-order valence-electron chi connectivity index (χ4n) is 2.17. The number of unbranched alkanes of at least 4 members (excludes halogenated alkanes) is 2. The van der Waals surface area contributed by atoms with Gasteiger partial charge in [-0.1, -0.05) is 26.2 Å². The predicted octanol–water partition coefficient (Wildman–Crippen LogP) is 1.47. The van der Waals surface area contributed by atoms with Gasteiger partial charge in [0, 0.05) is 19.1 Å². The molecular weight excluding hydrogens is 218 g/mol. The van der Waals surface area contributed by atoms with E-state index in [4.69, 9.17) is 4.74 Å². The highest BCUT2D eigenvalue weighted by atomic mass is 16.5. The van der Waals surface area contributed by atoms with E-state index in [1.807, 2.05) is 0 Å². The maximum absolute atomic E-state index is 11.4. The van der Waals surface area contributed by atoms with Gasteiger partial charge < -0.3 is 15.2 Å². The van der Waals surface area contributed by atoms with Gasteiger partial charge in [0.2, 0.25) is 5.91 Å². The molecule has 100 valence electrons. The number of nitrogens with one attached hydrogen (secondary N) is 1. The molecule has 1 rings (SSSR count). The second kappa shape index (κ2) is 8.48. The second-order valence-electron chi connectivity index (χ2n) is 4.82. The van der Waals surface area contributed by atoms with E-state index in [0.717, 1.165) is 38.5 Å². The van der Waals surface area contributed by atoms with Crippen molar-refractivity contribution < 1.29 is 14.6 Å². The maximum atomic E-state index is 11.4. The quantitative estimate of drug-likeness (QED) is 0.635. The minimum absolute atomic E-state index is 0.0689. The summed E-state index contributed by atoms with van der Waals surface area (Å²) in [5.41, 5.74) is 0. The lowest BCUT2D eigenvalue weighted by Crippen LogP contribution is -2.34. The molecule has 2 atom stereocenters. The summed E-state index contributed by atoms with van der Waals surface area (Å²) in [5.74, 6) is 0.166. The Balaban J connectivity index is 1.97. The Morgan fingerprint density at radius 1 is 1.41 bits per heavy atom. The SMILES string of the molecule is CCCCCOCC(=O)NCC1CCCC1O. The second-order valence-corrected chi connectivity index (χ2v) is 4.82. The van der Waals surface area contributed by atoms with E-state index in [9.17, 15) is 9.90 Å². The van der Waals surface area contributed by atoms with Gasteiger partial charge in [-0.15, -0.1) is 0 Å². The van der Waals surface area contributed by atoms with E-state index in [0.29, 0.717) is 13.2 Å². The fourth-order valence-corrected chi connectivity index (χ4v) is 2.17. The molecule has 0 radical (unpaired) electrons. The summed E-state index contributed by atoms with van der Waals surface area (Å²) in [4.78, 5) is 11.4. The van der Waals surface area contributed by atoms with E-state index >= 15 is 0 Å². The Hall–Kier alpha value is -0.610. The first-order chi connectivity index (χ1) is 8.24. The van der Waals surface area contributed by atoms with Crippen molar-refractivity contribution in [2.24, 2.45) is 5.92 Å². The van der Waals surface area contributed by atoms with Crippen LogP contribution in [-0.4, -0.2) is 36.9 Å². The molecule has 1 saturated carbocycles. The van der Waals surface area contributed by atoms with Gasteiger partial charge in [-0.05, 0) is 19.3 Å². The zero-order chi connectivity index (χ0) is 12.5. The molecule has 0 bridgehead atoms. The van der Waals surface area contributed by atoms with Crippen LogP contribution in [-0.2, 0) is 9.53 Å². The molecular formula is C13H25NO3. The number of rotatable bonds is 8. The highest BCUT2D eigenvalue weighted by molar-refractivity contribution is 5.77. The summed E-state index contributed by atoms with van der Waals surface area (Å²) in [5, 5.41) is 12.4. The van der Waals surface area contributed by atoms with E-state index in [1.165, 1.54) is 0 Å². The average Bonchev–Trinajstić information content (AvgIpc) is 2.72. The molecule has 0 aromatic carbocycles. The molecule has 1 aliphatic carbocycles. The molecule has 1 aliphatic rings. The molecule has 0 aromatic rings. The number of aliphatic hydroxyl groups excluding tert-OH is 1. The van der Waals surface area contributed by atoms with Crippen molar-refractivity contribution in [1.29, 1.82) is 0 Å². The highest BCUT2D eigenvalue weighted by Crippen LogP contribution is 2.24. The molecule has 2 N–H and O–H groups in total. The van der Waals surface area contributed by atoms with Gasteiger partial charge in [-0.3, -0.25) is 4.79 Å². The summed E-state index contributed by atoms with van der Waals surface area (Å²) in [7, 11) is 0. The number of amides is 1. The van der Waals surface area contributed by atoms with Gasteiger partial charge in [0.15, 0.2) is 0 Å². The molecule has 1 amide bonds. The largest absolute Gasteiger partial charge is 0.393 e. The summed E-state index contributed by atoms with van der Waals surface area (Å²) < 4.78 is 5.26. The molecule has 0 saturated heterocycles. The first kappa shape index (κ1) is 14.5. The number of hydrogen-bond donors (Lipinski definition) is 2. The first-order valence-corrected chi connectivity index (χ1v) is 6.76. The van der Waals surface area contributed by atoms with Gasteiger partial charge in [-0.25, -0.2) is 0 Å². The standard InChI is InChI=1S/C13H25NO3/c1-2-3-4-8-17-10-13(16)14-9-11-6-5-7-12(11)15/h11-12,15H,2-10H2,1H3,(H,14,16).